The molecule has 2 aliphatic rings. The number of phosphoric ester groups is 2. The first-order valence-corrected chi connectivity index (χ1v) is 29.7. The zero-order chi connectivity index (χ0) is 62.4. The molecule has 4 unspecified atom stereocenters. The number of carbonyl (C=O) groups excluding carboxylic acids is 7. The summed E-state index contributed by atoms with van der Waals surface area (Å²) < 4.78 is 65.3. The van der Waals surface area contributed by atoms with Gasteiger partial charge in [-0.25, -0.2) is 9.13 Å². The summed E-state index contributed by atoms with van der Waals surface area (Å²) in [5.74, 6) is -7.67. The third-order valence-electron chi connectivity index (χ3n) is 12.8. The van der Waals surface area contributed by atoms with E-state index in [0.29, 0.717) is 25.7 Å². The van der Waals surface area contributed by atoms with E-state index >= 15 is 0 Å². The van der Waals surface area contributed by atoms with Crippen molar-refractivity contribution in [1.82, 2.24) is 31.9 Å². The van der Waals surface area contributed by atoms with Gasteiger partial charge < -0.3 is 97.6 Å². The molecular formula is C48H86N8O24P2. The summed E-state index contributed by atoms with van der Waals surface area (Å²) in [5, 5.41) is 66.7. The van der Waals surface area contributed by atoms with Crippen molar-refractivity contribution >= 4 is 62.8 Å². The van der Waals surface area contributed by atoms with Crippen LogP contribution in [0.4, 0.5) is 0 Å². The fourth-order valence-corrected chi connectivity index (χ4v) is 10.6. The summed E-state index contributed by atoms with van der Waals surface area (Å²) in [6, 6.07) is -10.4. The van der Waals surface area contributed by atoms with Gasteiger partial charge in [0.2, 0.25) is 35.4 Å². The Labute approximate surface area is 475 Å². The zero-order valence-corrected chi connectivity index (χ0v) is 49.3. The number of phosphoric acid groups is 2. The van der Waals surface area contributed by atoms with Crippen LogP contribution in [0.25, 0.3) is 0 Å². The van der Waals surface area contributed by atoms with Gasteiger partial charge in [0.1, 0.15) is 72.9 Å². The summed E-state index contributed by atoms with van der Waals surface area (Å²) in [4.78, 5) is 126. The quantitative estimate of drug-likeness (QED) is 0.0171. The number of hydrogen-bond donors (Lipinski definition) is 15. The molecular weight excluding hydrogens is 1130 g/mol. The Balaban J connectivity index is 2.58. The van der Waals surface area contributed by atoms with E-state index in [0.717, 1.165) is 26.3 Å². The molecule has 0 aromatic rings. The number of amides is 6. The fourth-order valence-electron chi connectivity index (χ4n) is 8.39. The largest absolute Gasteiger partial charge is 0.483 e. The first-order chi connectivity index (χ1) is 38.2. The van der Waals surface area contributed by atoms with Crippen LogP contribution in [0.2, 0.25) is 0 Å². The van der Waals surface area contributed by atoms with Crippen molar-refractivity contribution in [3.05, 3.63) is 11.6 Å². The molecule has 82 heavy (non-hydrogen) atoms. The monoisotopic (exact) mass is 1220 g/mol. The number of rotatable bonds is 36. The van der Waals surface area contributed by atoms with Gasteiger partial charge in [-0.3, -0.25) is 47.4 Å². The Hall–Kier alpha value is -4.44. The Bertz CT molecular complexity index is 2260. The molecule has 2 fully saturated rings. The van der Waals surface area contributed by atoms with E-state index in [4.69, 9.17) is 39.5 Å². The van der Waals surface area contributed by atoms with E-state index in [2.05, 4.69) is 36.2 Å². The lowest BCUT2D eigenvalue weighted by Gasteiger charge is -2.49. The highest BCUT2D eigenvalue weighted by molar-refractivity contribution is 7.61. The second-order valence-corrected chi connectivity index (χ2v) is 23.4. The number of carboxylic acids is 1. The van der Waals surface area contributed by atoms with Gasteiger partial charge in [-0.2, -0.15) is 4.31 Å². The molecule has 2 saturated heterocycles. The molecule has 0 saturated carbocycles. The SMILES string of the molecule is CC(=O)N[C@@H]1[C@H](O[C@@H]2[C@@H](NC(C)=O)[C@@H](OP(=O)(O)OP(=O)(O)OCCC(C)CCC=C(C)C)O[C@H](CO)[C@H]2OC(C)C(=O)[C@H](C)NC(=O)[C@H](CCC(=O)O)NC(=O)[C@H](CCCCN)NC(=O)[C@@H](C)NC(=O)[C@@H](C)N)O[C@@H](CO)[C@H](O)[C@H]1O. The number of Topliss-reactive ketones (excluding diaryl/α,β-unsaturated/α-hetero) is 1. The standard InChI is InChI=1S/C48H86N8O24P2/c1-23(2)13-12-14-24(3)18-20-74-81(70,71)80-82(72,73)79-48-37(54-30(9)60)42(78-47-36(53-29(8)59)40(65)39(64)33(21-57)76-47)41(34(22-58)77-48)75-28(7)38(63)26(5)51-45(68)32(16-17-35(61)62)56-46(69)31(15-10-11-19-49)55-44(67)27(6)52-43(66)25(4)50/h13,24-28,31-34,36-37,39-42,47-48,57-58,64-65H,10-12,14-22,49-50H2,1-9H3,(H,51,68)(H,52,66)(H,53,59)(H,54,60)(H,55,67)(H,56,69)(H,61,62)(H,70,71)(H,72,73)/t24?,25-,26+,27-,28?,31+,32+,33+,34-,36+,37-,39+,40+,41-,42-,47+,48-/m1/s1. The molecule has 2 heterocycles. The summed E-state index contributed by atoms with van der Waals surface area (Å²) >= 11 is 0. The number of carboxylic acid groups (broad SMARTS) is 1. The van der Waals surface area contributed by atoms with E-state index in [1.165, 1.54) is 20.8 Å². The predicted octanol–water partition coefficient (Wildman–Crippen LogP) is -2.78. The smallest absolute Gasteiger partial charge is 0.481 e. The average molecular weight is 1220 g/mol. The third-order valence-corrected chi connectivity index (χ3v) is 15.5. The predicted molar refractivity (Wildman–Crippen MR) is 286 cm³/mol. The van der Waals surface area contributed by atoms with Crippen LogP contribution in [0, 0.1) is 5.92 Å². The number of ketones is 1. The molecule has 2 rings (SSSR count). The van der Waals surface area contributed by atoms with Gasteiger partial charge in [-0.05, 0) is 99.0 Å². The van der Waals surface area contributed by atoms with Crippen molar-refractivity contribution in [3.63, 3.8) is 0 Å². The number of hydrogen-bond acceptors (Lipinski definition) is 23. The highest BCUT2D eigenvalue weighted by atomic mass is 31.3. The Morgan fingerprint density at radius 3 is 1.79 bits per heavy atom. The summed E-state index contributed by atoms with van der Waals surface area (Å²) in [5.41, 5.74) is 12.3. The summed E-state index contributed by atoms with van der Waals surface area (Å²) in [6.45, 7) is 10.4. The number of aliphatic hydroxyl groups excluding tert-OH is 4. The number of ether oxygens (including phenoxy) is 4. The maximum Gasteiger partial charge on any atom is 0.483 e. The number of nitrogens with two attached hydrogens (primary N) is 2. The molecule has 0 radical (unpaired) electrons. The highest BCUT2D eigenvalue weighted by Crippen LogP contribution is 2.61. The van der Waals surface area contributed by atoms with Crippen LogP contribution in [0.15, 0.2) is 11.6 Å². The molecule has 34 heteroatoms. The minimum atomic E-state index is -5.86. The van der Waals surface area contributed by atoms with Crippen LogP contribution in [0.1, 0.15) is 114 Å². The number of allylic oxidation sites excluding steroid dienone is 2. The van der Waals surface area contributed by atoms with E-state index in [-0.39, 0.29) is 25.3 Å². The van der Waals surface area contributed by atoms with E-state index < -0.39 is 193 Å². The van der Waals surface area contributed by atoms with Gasteiger partial charge in [0.05, 0.1) is 31.9 Å². The second-order valence-electron chi connectivity index (χ2n) is 20.4. The van der Waals surface area contributed by atoms with Crippen molar-refractivity contribution in [2.24, 2.45) is 17.4 Å². The van der Waals surface area contributed by atoms with Gasteiger partial charge >= 0.3 is 21.6 Å². The van der Waals surface area contributed by atoms with Crippen molar-refractivity contribution in [2.45, 2.75) is 211 Å². The lowest BCUT2D eigenvalue weighted by molar-refractivity contribution is -0.327. The number of carbonyl (C=O) groups is 8. The molecule has 0 bridgehead atoms. The van der Waals surface area contributed by atoms with Crippen LogP contribution < -0.4 is 43.4 Å². The van der Waals surface area contributed by atoms with Gasteiger partial charge in [0.25, 0.3) is 0 Å². The van der Waals surface area contributed by atoms with E-state index in [1.54, 1.807) is 0 Å². The molecule has 0 spiro atoms. The van der Waals surface area contributed by atoms with Crippen molar-refractivity contribution in [1.29, 1.82) is 0 Å². The lowest BCUT2D eigenvalue weighted by atomic mass is 9.94. The number of nitrogens with one attached hydrogen (secondary N) is 6. The van der Waals surface area contributed by atoms with E-state index in [1.807, 2.05) is 26.8 Å². The van der Waals surface area contributed by atoms with Crippen molar-refractivity contribution in [2.75, 3.05) is 26.4 Å². The lowest BCUT2D eigenvalue weighted by Crippen LogP contribution is -2.70. The Morgan fingerprint density at radius 1 is 0.671 bits per heavy atom. The molecule has 6 amide bonds. The first kappa shape index (κ1) is 73.7. The molecule has 19 atom stereocenters. The van der Waals surface area contributed by atoms with Crippen LogP contribution in [-0.2, 0) is 79.8 Å². The van der Waals surface area contributed by atoms with Crippen LogP contribution in [-0.4, -0.2) is 206 Å². The van der Waals surface area contributed by atoms with Gasteiger partial charge in [-0.1, -0.05) is 18.6 Å². The average Bonchev–Trinajstić information content (AvgIpc) is 3.44. The molecule has 17 N–H and O–H groups in total. The number of unbranched alkanes of at least 4 members (excludes halogenated alkanes) is 1. The highest BCUT2D eigenvalue weighted by Gasteiger charge is 2.55. The minimum Gasteiger partial charge on any atom is -0.481 e. The minimum absolute atomic E-state index is 0.0187. The Kier molecular flexibility index (Phi) is 31.5. The van der Waals surface area contributed by atoms with Crippen LogP contribution in [0.3, 0.4) is 0 Å². The zero-order valence-electron chi connectivity index (χ0n) is 47.5. The molecule has 0 aliphatic carbocycles. The van der Waals surface area contributed by atoms with Crippen molar-refractivity contribution < 1.29 is 115 Å². The fraction of sp³-hybridized carbons (Fsp3) is 0.792. The van der Waals surface area contributed by atoms with Crippen LogP contribution >= 0.6 is 15.6 Å². The summed E-state index contributed by atoms with van der Waals surface area (Å²) in [6.07, 6.45) is -14.2. The summed E-state index contributed by atoms with van der Waals surface area (Å²) in [7, 11) is -11.3. The molecule has 32 nitrogen and oxygen atoms in total. The maximum absolute atomic E-state index is 14.2. The molecule has 0 aromatic heterocycles. The third kappa shape index (κ3) is 25.0. The molecule has 472 valence electrons. The Morgan fingerprint density at radius 2 is 1.23 bits per heavy atom. The molecule has 2 aliphatic heterocycles. The van der Waals surface area contributed by atoms with Crippen LogP contribution in [0.5, 0.6) is 0 Å². The second kappa shape index (κ2) is 35.1. The topological polar surface area (TPSA) is 501 Å². The number of aliphatic hydroxyl groups is 4. The van der Waals surface area contributed by atoms with Gasteiger partial charge in [0, 0.05) is 20.3 Å². The number of aliphatic carboxylic acids is 1. The van der Waals surface area contributed by atoms with Gasteiger partial charge in [-0.15, -0.1) is 0 Å². The maximum atomic E-state index is 14.2. The normalized spacial score (nSPS) is 26.7. The van der Waals surface area contributed by atoms with Gasteiger partial charge in [0.15, 0.2) is 18.4 Å². The first-order valence-electron chi connectivity index (χ1n) is 26.7. The van der Waals surface area contributed by atoms with Crippen molar-refractivity contribution in [3.8, 4) is 0 Å². The molecule has 0 aromatic carbocycles. The van der Waals surface area contributed by atoms with E-state index in [9.17, 15) is 82.8 Å².